The molecule has 0 aliphatic carbocycles. The van der Waals surface area contributed by atoms with Crippen molar-refractivity contribution in [2.75, 3.05) is 5.32 Å². The Morgan fingerprint density at radius 3 is 1.91 bits per heavy atom. The van der Waals surface area contributed by atoms with Crippen molar-refractivity contribution in [1.29, 1.82) is 0 Å². The normalized spacial score (nSPS) is 12.0. The Morgan fingerprint density at radius 2 is 1.11 bits per heavy atom. The van der Waals surface area contributed by atoms with Crippen molar-refractivity contribution in [2.24, 2.45) is 0 Å². The van der Waals surface area contributed by atoms with E-state index < -0.39 is 0 Å². The fourth-order valence-corrected chi connectivity index (χ4v) is 8.87. The van der Waals surface area contributed by atoms with Gasteiger partial charge in [-0.1, -0.05) is 121 Å². The van der Waals surface area contributed by atoms with Crippen LogP contribution in [-0.4, -0.2) is 16.4 Å². The third-order valence-corrected chi connectivity index (χ3v) is 11.4. The van der Waals surface area contributed by atoms with Gasteiger partial charge in [0.25, 0.3) is 0 Å². The Labute approximate surface area is 315 Å². The van der Waals surface area contributed by atoms with Gasteiger partial charge in [-0.25, -0.2) is 0 Å². The number of hydrogen-bond donors (Lipinski definition) is 1. The summed E-state index contributed by atoms with van der Waals surface area (Å²) in [6.07, 6.45) is 0. The van der Waals surface area contributed by atoms with Gasteiger partial charge < -0.3 is 14.5 Å². The molecule has 1 aliphatic heterocycles. The number of anilines is 2. The van der Waals surface area contributed by atoms with Crippen molar-refractivity contribution < 1.29 is 0 Å². The van der Waals surface area contributed by atoms with Gasteiger partial charge in [-0.3, -0.25) is 0 Å². The summed E-state index contributed by atoms with van der Waals surface area (Å²) < 4.78 is 4.91. The average Bonchev–Trinajstić information content (AvgIpc) is 3.72. The minimum absolute atomic E-state index is 1.07. The predicted octanol–water partition coefficient (Wildman–Crippen LogP) is 11.5. The quantitative estimate of drug-likeness (QED) is 0.179. The molecule has 0 atom stereocenters. The molecular weight excluding hydrogens is 653 g/mol. The summed E-state index contributed by atoms with van der Waals surface area (Å²) in [5.74, 6) is 0. The van der Waals surface area contributed by atoms with Crippen LogP contribution < -0.4 is 16.2 Å². The first-order chi connectivity index (χ1) is 26.6. The van der Waals surface area contributed by atoms with Gasteiger partial charge in [0, 0.05) is 55.4 Å². The number of aryl methyl sites for hydroxylation is 2. The van der Waals surface area contributed by atoms with Crippen LogP contribution in [0.15, 0.2) is 170 Å². The number of nitrogens with one attached hydrogen (secondary N) is 1. The molecule has 0 amide bonds. The Hall–Kier alpha value is -6.78. The standard InChI is InChI=1S/C50H35BN3/c1-31-15-6-8-19-35(31)33-27-41(49-48(28-33)54-46-26-13-9-20-36(46)38-22-14-23-42(51-49)50(38)54)39-29-40-37-21-10-12-25-45(37)53(34-17-4-3-5-18-34)47(40)30-44(39)52-43-24-11-7-16-32(43)2/h3-30,52H,1-2H3. The minimum atomic E-state index is 1.07. The highest BCUT2D eigenvalue weighted by Crippen LogP contribution is 2.43. The Kier molecular flexibility index (Phi) is 6.78. The number of hydrogen-bond acceptors (Lipinski definition) is 1. The number of benzene rings is 8. The highest BCUT2D eigenvalue weighted by atomic mass is 15.0. The molecule has 10 aromatic rings. The van der Waals surface area contributed by atoms with E-state index in [1.165, 1.54) is 88.0 Å². The summed E-state index contributed by atoms with van der Waals surface area (Å²) in [6.45, 7) is 4.39. The predicted molar refractivity (Wildman–Crippen MR) is 230 cm³/mol. The largest absolute Gasteiger partial charge is 0.355 e. The van der Waals surface area contributed by atoms with Gasteiger partial charge in [-0.15, -0.1) is 0 Å². The molecule has 1 radical (unpaired) electrons. The highest BCUT2D eigenvalue weighted by molar-refractivity contribution is 6.73. The molecule has 1 aliphatic rings. The Balaban J connectivity index is 1.28. The van der Waals surface area contributed by atoms with Gasteiger partial charge in [-0.2, -0.15) is 0 Å². The fourth-order valence-electron chi connectivity index (χ4n) is 8.87. The average molecular weight is 689 g/mol. The van der Waals surface area contributed by atoms with Crippen LogP contribution in [0.1, 0.15) is 11.1 Å². The lowest BCUT2D eigenvalue weighted by molar-refractivity contribution is 1.18. The molecule has 0 unspecified atom stereocenters. The third-order valence-electron chi connectivity index (χ3n) is 11.4. The number of para-hydroxylation sites is 5. The first kappa shape index (κ1) is 30.8. The summed E-state index contributed by atoms with van der Waals surface area (Å²) >= 11 is 0. The van der Waals surface area contributed by atoms with Crippen LogP contribution >= 0.6 is 0 Å². The third kappa shape index (κ3) is 4.56. The van der Waals surface area contributed by atoms with Gasteiger partial charge in [0.15, 0.2) is 7.28 Å². The van der Waals surface area contributed by atoms with Crippen LogP contribution in [-0.2, 0) is 0 Å². The zero-order valence-corrected chi connectivity index (χ0v) is 30.1. The molecule has 0 fully saturated rings. The zero-order valence-electron chi connectivity index (χ0n) is 30.1. The summed E-state index contributed by atoms with van der Waals surface area (Å²) in [6, 6.07) is 62.1. The van der Waals surface area contributed by atoms with Crippen LogP contribution in [0.2, 0.25) is 0 Å². The van der Waals surface area contributed by atoms with E-state index in [2.05, 4.69) is 205 Å². The van der Waals surface area contributed by atoms with Crippen molar-refractivity contribution in [3.63, 3.8) is 0 Å². The maximum atomic E-state index is 3.96. The molecule has 8 aromatic carbocycles. The fraction of sp³-hybridized carbons (Fsp3) is 0.0400. The van der Waals surface area contributed by atoms with E-state index >= 15 is 0 Å². The van der Waals surface area contributed by atoms with E-state index in [-0.39, 0.29) is 0 Å². The zero-order chi connectivity index (χ0) is 35.9. The molecule has 0 spiro atoms. The van der Waals surface area contributed by atoms with E-state index in [0.29, 0.717) is 0 Å². The molecule has 3 heterocycles. The van der Waals surface area contributed by atoms with E-state index in [9.17, 15) is 0 Å². The molecule has 2 aromatic heterocycles. The van der Waals surface area contributed by atoms with Crippen LogP contribution in [0, 0.1) is 13.8 Å². The molecule has 0 bridgehead atoms. The van der Waals surface area contributed by atoms with E-state index in [1.807, 2.05) is 0 Å². The van der Waals surface area contributed by atoms with Gasteiger partial charge in [-0.05, 0) is 102 Å². The smallest absolute Gasteiger partial charge is 0.197 e. The molecule has 1 N–H and O–H groups in total. The van der Waals surface area contributed by atoms with Crippen molar-refractivity contribution in [3.8, 4) is 33.6 Å². The maximum absolute atomic E-state index is 3.96. The van der Waals surface area contributed by atoms with Gasteiger partial charge in [0.1, 0.15) is 0 Å². The highest BCUT2D eigenvalue weighted by Gasteiger charge is 2.28. The van der Waals surface area contributed by atoms with Gasteiger partial charge in [0.2, 0.25) is 0 Å². The van der Waals surface area contributed by atoms with Crippen molar-refractivity contribution in [1.82, 2.24) is 9.13 Å². The summed E-state index contributed by atoms with van der Waals surface area (Å²) in [4.78, 5) is 0. The second-order valence-electron chi connectivity index (χ2n) is 14.6. The second-order valence-corrected chi connectivity index (χ2v) is 14.6. The SMILES string of the molecule is Cc1ccccc1Nc1cc2c(cc1-c1cc(-c3ccccc3C)cc3c1[B]c1cccc4c5ccccc5n-3c14)c1ccccc1n2-c1ccccc1. The summed E-state index contributed by atoms with van der Waals surface area (Å²) in [5, 5.41) is 8.97. The second kappa shape index (κ2) is 11.9. The summed E-state index contributed by atoms with van der Waals surface area (Å²) in [5.41, 5.74) is 19.0. The van der Waals surface area contributed by atoms with Crippen LogP contribution in [0.25, 0.3) is 77.2 Å². The lowest BCUT2D eigenvalue weighted by atomic mass is 9.58. The number of fused-ring (bicyclic) bond motifs is 8. The Morgan fingerprint density at radius 1 is 0.444 bits per heavy atom. The van der Waals surface area contributed by atoms with Crippen LogP contribution in [0.4, 0.5) is 11.4 Å². The number of nitrogens with zero attached hydrogens (tertiary/aromatic N) is 2. The molecule has 0 saturated carbocycles. The number of aromatic nitrogens is 2. The van der Waals surface area contributed by atoms with Crippen molar-refractivity contribution in [3.05, 3.63) is 181 Å². The molecule has 4 heteroatoms. The molecule has 11 rings (SSSR count). The van der Waals surface area contributed by atoms with Gasteiger partial charge >= 0.3 is 0 Å². The lowest BCUT2D eigenvalue weighted by Gasteiger charge is -2.26. The van der Waals surface area contributed by atoms with E-state index in [1.54, 1.807) is 0 Å². The summed E-state index contributed by atoms with van der Waals surface area (Å²) in [7, 11) is 2.42. The van der Waals surface area contributed by atoms with Crippen LogP contribution in [0.3, 0.4) is 0 Å². The molecule has 3 nitrogen and oxygen atoms in total. The molecular formula is C50H35BN3. The topological polar surface area (TPSA) is 21.9 Å². The van der Waals surface area contributed by atoms with Crippen LogP contribution in [0.5, 0.6) is 0 Å². The molecule has 54 heavy (non-hydrogen) atoms. The lowest BCUT2D eigenvalue weighted by Crippen LogP contribution is -2.37. The van der Waals surface area contributed by atoms with E-state index in [4.69, 9.17) is 0 Å². The number of rotatable bonds is 5. The van der Waals surface area contributed by atoms with Crippen molar-refractivity contribution in [2.45, 2.75) is 13.8 Å². The Bertz CT molecular complexity index is 3130. The molecule has 0 saturated heterocycles. The minimum Gasteiger partial charge on any atom is -0.355 e. The monoisotopic (exact) mass is 688 g/mol. The molecule has 253 valence electrons. The first-order valence-corrected chi connectivity index (χ1v) is 18.7. The van der Waals surface area contributed by atoms with E-state index in [0.717, 1.165) is 22.6 Å². The van der Waals surface area contributed by atoms with Gasteiger partial charge in [0.05, 0.1) is 16.6 Å². The first-order valence-electron chi connectivity index (χ1n) is 18.7. The van der Waals surface area contributed by atoms with Crippen molar-refractivity contribution >= 4 is 73.2 Å². The maximum Gasteiger partial charge on any atom is 0.197 e.